The van der Waals surface area contributed by atoms with Crippen molar-refractivity contribution in [2.45, 2.75) is 20.4 Å². The lowest BCUT2D eigenvalue weighted by atomic mass is 10.1. The molecule has 21 heavy (non-hydrogen) atoms. The van der Waals surface area contributed by atoms with Gasteiger partial charge in [0.2, 0.25) is 0 Å². The van der Waals surface area contributed by atoms with Crippen LogP contribution in [0.3, 0.4) is 0 Å². The van der Waals surface area contributed by atoms with Crippen molar-refractivity contribution in [2.24, 2.45) is 0 Å². The van der Waals surface area contributed by atoms with Gasteiger partial charge in [-0.15, -0.1) is 0 Å². The molecule has 0 unspecified atom stereocenters. The molecule has 0 atom stereocenters. The van der Waals surface area contributed by atoms with Crippen molar-refractivity contribution >= 4 is 5.97 Å². The van der Waals surface area contributed by atoms with E-state index in [1.165, 1.54) is 19.2 Å². The minimum atomic E-state index is -0.480. The number of aromatic nitrogens is 2. The molecule has 1 aromatic heterocycles. The molecule has 0 radical (unpaired) electrons. The molecule has 0 saturated carbocycles. The third-order valence-corrected chi connectivity index (χ3v) is 3.00. The van der Waals surface area contributed by atoms with Crippen molar-refractivity contribution in [3.8, 4) is 17.0 Å². The highest BCUT2D eigenvalue weighted by Gasteiger charge is 2.18. The molecule has 0 amide bonds. The van der Waals surface area contributed by atoms with E-state index in [9.17, 15) is 9.18 Å². The third-order valence-electron chi connectivity index (χ3n) is 3.00. The first-order valence-corrected chi connectivity index (χ1v) is 6.69. The molecule has 1 aromatic carbocycles. The maximum atomic E-state index is 13.3. The Morgan fingerprint density at radius 3 is 2.71 bits per heavy atom. The molecule has 0 aliphatic carbocycles. The van der Waals surface area contributed by atoms with Gasteiger partial charge in [0.25, 0.3) is 0 Å². The SMILES string of the molecule is CCOC(=O)c1cc(-c2ccc(F)cc2OC)n(CC)n1. The number of ether oxygens (including phenoxy) is 2. The van der Waals surface area contributed by atoms with Gasteiger partial charge in [-0.25, -0.2) is 9.18 Å². The predicted molar refractivity (Wildman–Crippen MR) is 75.8 cm³/mol. The van der Waals surface area contributed by atoms with Crippen molar-refractivity contribution in [2.75, 3.05) is 13.7 Å². The van der Waals surface area contributed by atoms with Crippen molar-refractivity contribution in [1.82, 2.24) is 9.78 Å². The van der Waals surface area contributed by atoms with Crippen LogP contribution in [0.15, 0.2) is 24.3 Å². The molecular weight excluding hydrogens is 275 g/mol. The number of aryl methyl sites for hydroxylation is 1. The van der Waals surface area contributed by atoms with E-state index < -0.39 is 5.97 Å². The fourth-order valence-electron chi connectivity index (χ4n) is 2.06. The van der Waals surface area contributed by atoms with Gasteiger partial charge in [0, 0.05) is 18.2 Å². The molecule has 0 aliphatic rings. The van der Waals surface area contributed by atoms with E-state index in [4.69, 9.17) is 9.47 Å². The van der Waals surface area contributed by atoms with Crippen LogP contribution in [0.4, 0.5) is 4.39 Å². The second kappa shape index (κ2) is 6.39. The van der Waals surface area contributed by atoms with Crippen LogP contribution in [-0.2, 0) is 11.3 Å². The lowest BCUT2D eigenvalue weighted by Crippen LogP contribution is -2.07. The zero-order valence-corrected chi connectivity index (χ0v) is 12.2. The third kappa shape index (κ3) is 3.04. The van der Waals surface area contributed by atoms with Gasteiger partial charge in [0.05, 0.1) is 19.4 Å². The predicted octanol–water partition coefficient (Wildman–Crippen LogP) is 2.89. The molecule has 0 aliphatic heterocycles. The fraction of sp³-hybridized carbons (Fsp3) is 0.333. The lowest BCUT2D eigenvalue weighted by molar-refractivity contribution is 0.0518. The second-order valence-corrected chi connectivity index (χ2v) is 4.30. The summed E-state index contributed by atoms with van der Waals surface area (Å²) in [7, 11) is 1.47. The number of methoxy groups -OCH3 is 1. The Bertz CT molecular complexity index is 652. The van der Waals surface area contributed by atoms with Crippen LogP contribution in [0.2, 0.25) is 0 Å². The molecule has 5 nitrogen and oxygen atoms in total. The average molecular weight is 292 g/mol. The van der Waals surface area contributed by atoms with E-state index >= 15 is 0 Å². The Morgan fingerprint density at radius 1 is 1.33 bits per heavy atom. The molecule has 0 spiro atoms. The van der Waals surface area contributed by atoms with E-state index in [0.717, 1.165) is 0 Å². The highest BCUT2D eigenvalue weighted by atomic mass is 19.1. The summed E-state index contributed by atoms with van der Waals surface area (Å²) in [5.74, 6) is -0.476. The molecule has 1 heterocycles. The maximum Gasteiger partial charge on any atom is 0.358 e. The first-order chi connectivity index (χ1) is 10.1. The van der Waals surface area contributed by atoms with Crippen molar-refractivity contribution < 1.29 is 18.7 Å². The Kier molecular flexibility index (Phi) is 4.57. The molecule has 0 saturated heterocycles. The number of hydrogen-bond donors (Lipinski definition) is 0. The van der Waals surface area contributed by atoms with E-state index in [0.29, 0.717) is 23.6 Å². The molecule has 2 aromatic rings. The van der Waals surface area contributed by atoms with Gasteiger partial charge in [-0.1, -0.05) is 0 Å². The van der Waals surface area contributed by atoms with Gasteiger partial charge < -0.3 is 9.47 Å². The molecule has 0 bridgehead atoms. The number of benzene rings is 1. The van der Waals surface area contributed by atoms with E-state index in [-0.39, 0.29) is 18.1 Å². The lowest BCUT2D eigenvalue weighted by Gasteiger charge is -2.09. The van der Waals surface area contributed by atoms with Gasteiger partial charge in [-0.05, 0) is 32.0 Å². The number of nitrogens with zero attached hydrogens (tertiary/aromatic N) is 2. The first kappa shape index (κ1) is 15.0. The quantitative estimate of drug-likeness (QED) is 0.795. The van der Waals surface area contributed by atoms with E-state index in [1.807, 2.05) is 6.92 Å². The second-order valence-electron chi connectivity index (χ2n) is 4.30. The van der Waals surface area contributed by atoms with Gasteiger partial charge in [-0.3, -0.25) is 4.68 Å². The number of halogens is 1. The highest BCUT2D eigenvalue weighted by molar-refractivity contribution is 5.89. The number of esters is 1. The van der Waals surface area contributed by atoms with Gasteiger partial charge >= 0.3 is 5.97 Å². The zero-order valence-electron chi connectivity index (χ0n) is 12.2. The summed E-state index contributed by atoms with van der Waals surface area (Å²) in [6, 6.07) is 5.87. The van der Waals surface area contributed by atoms with E-state index in [1.54, 1.807) is 23.7 Å². The van der Waals surface area contributed by atoms with Gasteiger partial charge in [-0.2, -0.15) is 5.10 Å². The Labute approximate surface area is 122 Å². The van der Waals surface area contributed by atoms with Crippen LogP contribution in [0.1, 0.15) is 24.3 Å². The number of hydrogen-bond acceptors (Lipinski definition) is 4. The Morgan fingerprint density at radius 2 is 2.10 bits per heavy atom. The van der Waals surface area contributed by atoms with Crippen LogP contribution in [-0.4, -0.2) is 29.5 Å². The first-order valence-electron chi connectivity index (χ1n) is 6.69. The van der Waals surface area contributed by atoms with Crippen LogP contribution < -0.4 is 4.74 Å². The summed E-state index contributed by atoms with van der Waals surface area (Å²) >= 11 is 0. The Hall–Kier alpha value is -2.37. The number of carbonyl (C=O) groups is 1. The summed E-state index contributed by atoms with van der Waals surface area (Å²) in [6.07, 6.45) is 0. The van der Waals surface area contributed by atoms with Crippen LogP contribution >= 0.6 is 0 Å². The highest BCUT2D eigenvalue weighted by Crippen LogP contribution is 2.31. The molecule has 0 fully saturated rings. The summed E-state index contributed by atoms with van der Waals surface area (Å²) in [5, 5.41) is 4.21. The zero-order chi connectivity index (χ0) is 15.4. The standard InChI is InChI=1S/C15H17FN2O3/c1-4-18-13(9-12(17-18)15(19)21-5-2)11-7-6-10(16)8-14(11)20-3/h6-9H,4-5H2,1-3H3. The van der Waals surface area contributed by atoms with Crippen molar-refractivity contribution in [3.63, 3.8) is 0 Å². The van der Waals surface area contributed by atoms with Crippen LogP contribution in [0.25, 0.3) is 11.3 Å². The van der Waals surface area contributed by atoms with Crippen molar-refractivity contribution in [1.29, 1.82) is 0 Å². The smallest absolute Gasteiger partial charge is 0.358 e. The summed E-state index contributed by atoms with van der Waals surface area (Å²) in [5.41, 5.74) is 1.57. The molecular formula is C15H17FN2O3. The molecule has 6 heteroatoms. The summed E-state index contributed by atoms with van der Waals surface area (Å²) in [6.45, 7) is 4.49. The monoisotopic (exact) mass is 292 g/mol. The fourth-order valence-corrected chi connectivity index (χ4v) is 2.06. The summed E-state index contributed by atoms with van der Waals surface area (Å²) < 4.78 is 25.1. The minimum Gasteiger partial charge on any atom is -0.496 e. The van der Waals surface area contributed by atoms with Crippen molar-refractivity contribution in [3.05, 3.63) is 35.8 Å². The molecule has 2 rings (SSSR count). The normalized spacial score (nSPS) is 10.5. The average Bonchev–Trinajstić information content (AvgIpc) is 2.91. The van der Waals surface area contributed by atoms with E-state index in [2.05, 4.69) is 5.10 Å². The maximum absolute atomic E-state index is 13.3. The molecule has 112 valence electrons. The topological polar surface area (TPSA) is 53.4 Å². The van der Waals surface area contributed by atoms with Gasteiger partial charge in [0.1, 0.15) is 11.6 Å². The minimum absolute atomic E-state index is 0.222. The summed E-state index contributed by atoms with van der Waals surface area (Å²) in [4.78, 5) is 11.8. The Balaban J connectivity index is 2.50. The van der Waals surface area contributed by atoms with Crippen LogP contribution in [0, 0.1) is 5.82 Å². The number of rotatable bonds is 5. The van der Waals surface area contributed by atoms with Gasteiger partial charge in [0.15, 0.2) is 5.69 Å². The molecule has 0 N–H and O–H groups in total. The largest absolute Gasteiger partial charge is 0.496 e. The van der Waals surface area contributed by atoms with Crippen LogP contribution in [0.5, 0.6) is 5.75 Å². The number of carbonyl (C=O) groups excluding carboxylic acids is 1.